The van der Waals surface area contributed by atoms with Crippen molar-refractivity contribution in [3.8, 4) is 5.75 Å². The molecule has 1 aromatic carbocycles. The molecule has 2 heterocycles. The lowest BCUT2D eigenvalue weighted by Crippen LogP contribution is -2.42. The molecule has 3 atom stereocenters. The summed E-state index contributed by atoms with van der Waals surface area (Å²) in [6, 6.07) is 7.61. The number of hydrogen-bond acceptors (Lipinski definition) is 6. The molecule has 7 heteroatoms. The van der Waals surface area contributed by atoms with Crippen LogP contribution < -0.4 is 4.74 Å². The maximum atomic E-state index is 11.6. The second-order valence-electron chi connectivity index (χ2n) is 10.6. The summed E-state index contributed by atoms with van der Waals surface area (Å²) in [5.74, 6) is 1.64. The van der Waals surface area contributed by atoms with Crippen molar-refractivity contribution < 1.29 is 19.7 Å². The molecule has 0 radical (unpaired) electrons. The van der Waals surface area contributed by atoms with Crippen molar-refractivity contribution in [1.29, 1.82) is 0 Å². The number of carbonyl (C=O) groups is 1. The average Bonchev–Trinajstić information content (AvgIpc) is 3.16. The second kappa shape index (κ2) is 13.6. The van der Waals surface area contributed by atoms with Crippen LogP contribution in [0.25, 0.3) is 10.9 Å². The third-order valence-electron chi connectivity index (χ3n) is 8.13. The molecule has 2 N–H and O–H groups in total. The first-order valence-corrected chi connectivity index (χ1v) is 14.7. The summed E-state index contributed by atoms with van der Waals surface area (Å²) in [6.45, 7) is 2.93. The minimum absolute atomic E-state index is 0.139. The third-order valence-corrected chi connectivity index (χ3v) is 9.49. The zero-order chi connectivity index (χ0) is 25.3. The number of pyridine rings is 1. The van der Waals surface area contributed by atoms with Gasteiger partial charge in [-0.25, -0.2) is 0 Å². The summed E-state index contributed by atoms with van der Waals surface area (Å²) in [7, 11) is 1.64. The van der Waals surface area contributed by atoms with E-state index in [0.717, 1.165) is 65.7 Å². The van der Waals surface area contributed by atoms with Crippen LogP contribution in [-0.4, -0.2) is 63.8 Å². The number of methoxy groups -OCH3 is 1. The van der Waals surface area contributed by atoms with E-state index in [1.165, 1.54) is 38.5 Å². The Morgan fingerprint density at radius 2 is 1.97 bits per heavy atom. The summed E-state index contributed by atoms with van der Waals surface area (Å²) < 4.78 is 5.37. The summed E-state index contributed by atoms with van der Waals surface area (Å²) in [6.07, 6.45) is 12.0. The van der Waals surface area contributed by atoms with Gasteiger partial charge in [0.25, 0.3) is 0 Å². The number of aliphatic hydroxyl groups excluding tert-OH is 1. The molecular formula is C29H42N2O4S. The van der Waals surface area contributed by atoms with Gasteiger partial charge in [0, 0.05) is 42.1 Å². The van der Waals surface area contributed by atoms with Crippen molar-refractivity contribution in [1.82, 2.24) is 9.88 Å². The van der Waals surface area contributed by atoms with Gasteiger partial charge < -0.3 is 19.8 Å². The number of likely N-dealkylation sites (tertiary alicyclic amines) is 1. The summed E-state index contributed by atoms with van der Waals surface area (Å²) >= 11 is 2.13. The zero-order valence-electron chi connectivity index (χ0n) is 21.6. The minimum atomic E-state index is -0.715. The van der Waals surface area contributed by atoms with E-state index in [1.54, 1.807) is 13.3 Å². The normalized spacial score (nSPS) is 22.8. The first kappa shape index (κ1) is 27.2. The molecule has 0 amide bonds. The molecule has 1 aliphatic carbocycles. The SMILES string of the molecule is COc1ccc2nccc(C(O)CC[C@@H]3CCN(CCSC4CCCCCC4)C[C@@H]3CC(=O)O)c2c1. The van der Waals surface area contributed by atoms with Crippen LogP contribution in [0.1, 0.15) is 75.9 Å². The highest BCUT2D eigenvalue weighted by molar-refractivity contribution is 7.99. The van der Waals surface area contributed by atoms with Crippen LogP contribution in [0.3, 0.4) is 0 Å². The molecule has 4 rings (SSSR count). The van der Waals surface area contributed by atoms with E-state index in [2.05, 4.69) is 21.6 Å². The van der Waals surface area contributed by atoms with E-state index in [9.17, 15) is 15.0 Å². The van der Waals surface area contributed by atoms with Crippen molar-refractivity contribution in [2.45, 2.75) is 75.6 Å². The predicted molar refractivity (Wildman–Crippen MR) is 147 cm³/mol. The van der Waals surface area contributed by atoms with Crippen LogP contribution in [0.4, 0.5) is 0 Å². The van der Waals surface area contributed by atoms with Crippen LogP contribution >= 0.6 is 11.8 Å². The molecule has 2 fully saturated rings. The molecule has 1 saturated heterocycles. The van der Waals surface area contributed by atoms with Crippen LogP contribution in [0, 0.1) is 11.8 Å². The van der Waals surface area contributed by atoms with Gasteiger partial charge in [-0.05, 0) is 80.3 Å². The van der Waals surface area contributed by atoms with Gasteiger partial charge in [0.1, 0.15) is 5.75 Å². The quantitative estimate of drug-likeness (QED) is 0.360. The molecule has 198 valence electrons. The van der Waals surface area contributed by atoms with Gasteiger partial charge >= 0.3 is 5.97 Å². The molecule has 1 unspecified atom stereocenters. The molecule has 6 nitrogen and oxygen atoms in total. The van der Waals surface area contributed by atoms with Gasteiger partial charge in [0.15, 0.2) is 0 Å². The molecule has 1 saturated carbocycles. The third kappa shape index (κ3) is 7.59. The van der Waals surface area contributed by atoms with E-state index >= 15 is 0 Å². The van der Waals surface area contributed by atoms with Gasteiger partial charge in [-0.2, -0.15) is 11.8 Å². The Bertz CT molecular complexity index is 979. The molecule has 36 heavy (non-hydrogen) atoms. The molecule has 1 aliphatic heterocycles. The van der Waals surface area contributed by atoms with Crippen molar-refractivity contribution >= 4 is 28.6 Å². The number of aromatic nitrogens is 1. The molecule has 1 aromatic heterocycles. The highest BCUT2D eigenvalue weighted by atomic mass is 32.2. The van der Waals surface area contributed by atoms with Crippen LogP contribution in [0.2, 0.25) is 0 Å². The van der Waals surface area contributed by atoms with Gasteiger partial charge in [-0.15, -0.1) is 0 Å². The van der Waals surface area contributed by atoms with E-state index < -0.39 is 12.1 Å². The highest BCUT2D eigenvalue weighted by Crippen LogP contribution is 2.35. The van der Waals surface area contributed by atoms with E-state index in [4.69, 9.17) is 4.74 Å². The number of aliphatic hydroxyl groups is 1. The smallest absolute Gasteiger partial charge is 0.303 e. The highest BCUT2D eigenvalue weighted by Gasteiger charge is 2.31. The van der Waals surface area contributed by atoms with Crippen molar-refractivity contribution in [2.24, 2.45) is 11.8 Å². The topological polar surface area (TPSA) is 82.9 Å². The van der Waals surface area contributed by atoms with Crippen molar-refractivity contribution in [3.63, 3.8) is 0 Å². The van der Waals surface area contributed by atoms with Crippen LogP contribution in [-0.2, 0) is 4.79 Å². The number of ether oxygens (including phenoxy) is 1. The fourth-order valence-electron chi connectivity index (χ4n) is 6.04. The number of nitrogens with zero attached hydrogens (tertiary/aromatic N) is 2. The number of fused-ring (bicyclic) bond motifs is 1. The summed E-state index contributed by atoms with van der Waals surface area (Å²) in [5, 5.41) is 22.4. The standard InChI is InChI=1S/C29H42N2O4S/c1-35-23-9-10-27-26(19-23)25(12-14-30-27)28(32)11-8-21-13-15-31(20-22(21)18-29(33)34)16-17-36-24-6-4-2-3-5-7-24/h9-10,12,14,19,21-22,24,28,32H,2-8,11,13,15-18,20H2,1H3,(H,33,34)/t21-,22+,28?/m1/s1. The predicted octanol–water partition coefficient (Wildman–Crippen LogP) is 5.93. The molecule has 2 aromatic rings. The number of thioether (sulfide) groups is 1. The molecule has 0 spiro atoms. The van der Waals surface area contributed by atoms with Gasteiger partial charge in [0.05, 0.1) is 18.7 Å². The van der Waals surface area contributed by atoms with Gasteiger partial charge in [0.2, 0.25) is 0 Å². The number of benzene rings is 1. The van der Waals surface area contributed by atoms with Gasteiger partial charge in [-0.1, -0.05) is 25.7 Å². The summed E-state index contributed by atoms with van der Waals surface area (Å²) in [5.41, 5.74) is 1.70. The number of hydrogen-bond donors (Lipinski definition) is 2. The minimum Gasteiger partial charge on any atom is -0.497 e. The number of rotatable bonds is 11. The first-order chi connectivity index (χ1) is 17.5. The lowest BCUT2D eigenvalue weighted by Gasteiger charge is -2.38. The number of carboxylic acid groups (broad SMARTS) is 1. The Hall–Kier alpha value is -1.83. The maximum Gasteiger partial charge on any atom is 0.303 e. The fourth-order valence-corrected chi connectivity index (χ4v) is 7.41. The molecule has 2 aliphatic rings. The molecular weight excluding hydrogens is 472 g/mol. The Balaban J connectivity index is 1.31. The van der Waals surface area contributed by atoms with E-state index in [1.807, 2.05) is 24.3 Å². The van der Waals surface area contributed by atoms with Crippen molar-refractivity contribution in [2.75, 3.05) is 32.5 Å². The second-order valence-corrected chi connectivity index (χ2v) is 12.0. The largest absolute Gasteiger partial charge is 0.497 e. The van der Waals surface area contributed by atoms with E-state index in [0.29, 0.717) is 12.3 Å². The monoisotopic (exact) mass is 514 g/mol. The van der Waals surface area contributed by atoms with Gasteiger partial charge in [-0.3, -0.25) is 9.78 Å². The Labute approximate surface area is 219 Å². The first-order valence-electron chi connectivity index (χ1n) is 13.7. The van der Waals surface area contributed by atoms with Crippen molar-refractivity contribution in [3.05, 3.63) is 36.0 Å². The van der Waals surface area contributed by atoms with E-state index in [-0.39, 0.29) is 12.3 Å². The number of piperidine rings is 1. The Morgan fingerprint density at radius 1 is 1.17 bits per heavy atom. The van der Waals surface area contributed by atoms with Crippen LogP contribution in [0.15, 0.2) is 30.5 Å². The average molecular weight is 515 g/mol. The Kier molecular flexibility index (Phi) is 10.3. The molecule has 0 bridgehead atoms. The Morgan fingerprint density at radius 3 is 2.72 bits per heavy atom. The number of carboxylic acids is 1. The maximum absolute atomic E-state index is 11.6. The summed E-state index contributed by atoms with van der Waals surface area (Å²) in [4.78, 5) is 18.5. The lowest BCUT2D eigenvalue weighted by atomic mass is 9.79. The zero-order valence-corrected chi connectivity index (χ0v) is 22.4. The number of aliphatic carboxylic acids is 1. The lowest BCUT2D eigenvalue weighted by molar-refractivity contribution is -0.139. The van der Waals surface area contributed by atoms with Crippen LogP contribution in [0.5, 0.6) is 5.75 Å². The fraction of sp³-hybridized carbons (Fsp3) is 0.655.